The number of aliphatic hydroxyl groups excluding tert-OH is 1. The van der Waals surface area contributed by atoms with Gasteiger partial charge < -0.3 is 15.3 Å². The summed E-state index contributed by atoms with van der Waals surface area (Å²) in [4.78, 5) is 33.2. The van der Waals surface area contributed by atoms with Gasteiger partial charge in [-0.15, -0.1) is 0 Å². The molecule has 6 rings (SSSR count). The van der Waals surface area contributed by atoms with E-state index in [-0.39, 0.29) is 17.7 Å². The number of rotatable bonds is 8. The molecule has 232 valence electrons. The maximum atomic E-state index is 14.8. The van der Waals surface area contributed by atoms with Crippen molar-refractivity contribution < 1.29 is 19.1 Å². The van der Waals surface area contributed by atoms with Gasteiger partial charge in [0.1, 0.15) is 11.2 Å². The highest BCUT2D eigenvalue weighted by atomic mass is 19.1. The molecule has 0 aliphatic carbocycles. The van der Waals surface area contributed by atoms with Crippen LogP contribution in [0.1, 0.15) is 60.6 Å². The van der Waals surface area contributed by atoms with Crippen LogP contribution in [0.3, 0.4) is 0 Å². The summed E-state index contributed by atoms with van der Waals surface area (Å²) in [5, 5.41) is 15.4. The Balaban J connectivity index is 1.71. The maximum Gasteiger partial charge on any atom is 0.240 e. The van der Waals surface area contributed by atoms with E-state index in [9.17, 15) is 19.1 Å². The van der Waals surface area contributed by atoms with E-state index in [1.807, 2.05) is 91.0 Å². The SMILES string of the molecule is CC(C)C[C@H]1N([C@H](c2ccccc2)[C@@H](O)c2ccccc2)[C@@H](C(=O)N(C)C)[C@H](c2ccccc2)[C@@]12C(=O)Nc1cc(F)ccc12. The Hall–Kier alpha value is -4.33. The van der Waals surface area contributed by atoms with Crippen LogP contribution >= 0.6 is 0 Å². The van der Waals surface area contributed by atoms with Crippen molar-refractivity contribution in [2.75, 3.05) is 19.4 Å². The number of hydrogen-bond acceptors (Lipinski definition) is 4. The Morgan fingerprint density at radius 2 is 1.49 bits per heavy atom. The van der Waals surface area contributed by atoms with E-state index in [1.165, 1.54) is 12.1 Å². The van der Waals surface area contributed by atoms with E-state index < -0.39 is 41.4 Å². The normalized spacial score (nSPS) is 24.0. The number of amides is 2. The Labute approximate surface area is 264 Å². The summed E-state index contributed by atoms with van der Waals surface area (Å²) in [7, 11) is 3.46. The van der Waals surface area contributed by atoms with Gasteiger partial charge in [-0.3, -0.25) is 14.5 Å². The Kier molecular flexibility index (Phi) is 8.33. The third kappa shape index (κ3) is 5.14. The molecular formula is C38H40FN3O3. The van der Waals surface area contributed by atoms with Crippen LogP contribution < -0.4 is 5.32 Å². The highest BCUT2D eigenvalue weighted by molar-refractivity contribution is 6.09. The summed E-state index contributed by atoms with van der Waals surface area (Å²) in [6.45, 7) is 4.21. The second kappa shape index (κ2) is 12.2. The number of likely N-dealkylation sites (tertiary alicyclic amines) is 1. The average molecular weight is 606 g/mol. The zero-order valence-electron chi connectivity index (χ0n) is 26.1. The summed E-state index contributed by atoms with van der Waals surface area (Å²) in [6, 6.07) is 31.3. The van der Waals surface area contributed by atoms with E-state index in [4.69, 9.17) is 0 Å². The van der Waals surface area contributed by atoms with Gasteiger partial charge in [0.2, 0.25) is 11.8 Å². The van der Waals surface area contributed by atoms with Gasteiger partial charge in [-0.05, 0) is 46.7 Å². The molecule has 0 bridgehead atoms. The van der Waals surface area contributed by atoms with E-state index in [0.717, 1.165) is 11.1 Å². The van der Waals surface area contributed by atoms with Gasteiger partial charge in [-0.2, -0.15) is 0 Å². The van der Waals surface area contributed by atoms with Crippen LogP contribution in [0.4, 0.5) is 10.1 Å². The molecule has 0 unspecified atom stereocenters. The largest absolute Gasteiger partial charge is 0.386 e. The molecule has 4 aromatic rings. The van der Waals surface area contributed by atoms with Crippen molar-refractivity contribution in [1.82, 2.24) is 9.80 Å². The van der Waals surface area contributed by atoms with Crippen molar-refractivity contribution in [1.29, 1.82) is 0 Å². The molecule has 2 aliphatic rings. The third-order valence-corrected chi connectivity index (χ3v) is 9.51. The lowest BCUT2D eigenvalue weighted by Crippen LogP contribution is -2.52. The van der Waals surface area contributed by atoms with Crippen LogP contribution in [0.5, 0.6) is 0 Å². The van der Waals surface area contributed by atoms with Crippen LogP contribution in [0.2, 0.25) is 0 Å². The number of halogens is 1. The second-order valence-electron chi connectivity index (χ2n) is 12.9. The molecule has 0 radical (unpaired) electrons. The van der Waals surface area contributed by atoms with Gasteiger partial charge in [0.05, 0.1) is 18.2 Å². The molecule has 1 spiro atoms. The van der Waals surface area contributed by atoms with Gasteiger partial charge in [-0.1, -0.05) is 111 Å². The molecule has 0 aromatic heterocycles. The smallest absolute Gasteiger partial charge is 0.240 e. The van der Waals surface area contributed by atoms with Gasteiger partial charge in [0.25, 0.3) is 0 Å². The summed E-state index contributed by atoms with van der Waals surface area (Å²) in [6.07, 6.45) is -0.472. The minimum Gasteiger partial charge on any atom is -0.386 e. The van der Waals surface area contributed by atoms with E-state index >= 15 is 0 Å². The standard InChI is InChI=1S/C38H40FN3O3/c1-24(2)22-31-38(29-21-20-28(39)23-30(29)40-37(38)45)32(25-14-8-5-9-15-25)34(36(44)41(3)4)42(31)33(26-16-10-6-11-17-26)35(43)27-18-12-7-13-19-27/h5-21,23-24,31-35,43H,22H2,1-4H3,(H,40,45)/t31-,32+,33-,34-,35+,38+/m1/s1. The van der Waals surface area contributed by atoms with Gasteiger partial charge in [0, 0.05) is 31.7 Å². The summed E-state index contributed by atoms with van der Waals surface area (Å²) >= 11 is 0. The number of nitrogens with one attached hydrogen (secondary N) is 1. The lowest BCUT2D eigenvalue weighted by molar-refractivity contribution is -0.136. The summed E-state index contributed by atoms with van der Waals surface area (Å²) < 4.78 is 14.7. The first-order valence-corrected chi connectivity index (χ1v) is 15.6. The van der Waals surface area contributed by atoms with Crippen LogP contribution in [-0.2, 0) is 15.0 Å². The number of fused-ring (bicyclic) bond motifs is 2. The van der Waals surface area contributed by atoms with Crippen molar-refractivity contribution in [3.05, 3.63) is 137 Å². The number of likely N-dealkylation sites (N-methyl/N-ethyl adjacent to an activating group) is 1. The topological polar surface area (TPSA) is 72.9 Å². The molecule has 45 heavy (non-hydrogen) atoms. The predicted molar refractivity (Wildman–Crippen MR) is 174 cm³/mol. The Morgan fingerprint density at radius 1 is 0.911 bits per heavy atom. The molecule has 2 amide bonds. The van der Waals surface area contributed by atoms with Crippen LogP contribution in [-0.4, -0.2) is 52.9 Å². The highest BCUT2D eigenvalue weighted by Gasteiger charge is 2.70. The Bertz CT molecular complexity index is 1660. The summed E-state index contributed by atoms with van der Waals surface area (Å²) in [5.41, 5.74) is 2.22. The Morgan fingerprint density at radius 3 is 2.07 bits per heavy atom. The van der Waals surface area contributed by atoms with E-state index in [1.54, 1.807) is 25.1 Å². The van der Waals surface area contributed by atoms with E-state index in [2.05, 4.69) is 24.1 Å². The number of nitrogens with zero attached hydrogens (tertiary/aromatic N) is 2. The predicted octanol–water partition coefficient (Wildman–Crippen LogP) is 6.46. The molecule has 2 aliphatic heterocycles. The summed E-state index contributed by atoms with van der Waals surface area (Å²) in [5.74, 6) is -1.39. The minimum atomic E-state index is -1.26. The van der Waals surface area contributed by atoms with Gasteiger partial charge in [0.15, 0.2) is 0 Å². The fraction of sp³-hybridized carbons (Fsp3) is 0.316. The molecule has 4 aromatic carbocycles. The second-order valence-corrected chi connectivity index (χ2v) is 12.9. The van der Waals surface area contributed by atoms with Crippen molar-refractivity contribution in [2.45, 2.75) is 55.8 Å². The molecule has 6 atom stereocenters. The van der Waals surface area contributed by atoms with Gasteiger partial charge >= 0.3 is 0 Å². The molecular weight excluding hydrogens is 565 g/mol. The zero-order valence-corrected chi connectivity index (χ0v) is 26.1. The minimum absolute atomic E-state index is 0.126. The molecule has 0 saturated carbocycles. The first kappa shape index (κ1) is 30.7. The van der Waals surface area contributed by atoms with Crippen molar-refractivity contribution in [3.63, 3.8) is 0 Å². The zero-order chi connectivity index (χ0) is 31.9. The number of aliphatic hydroxyl groups is 1. The maximum absolute atomic E-state index is 14.8. The quantitative estimate of drug-likeness (QED) is 0.242. The number of anilines is 1. The monoisotopic (exact) mass is 605 g/mol. The molecule has 1 saturated heterocycles. The number of benzene rings is 4. The molecule has 2 N–H and O–H groups in total. The lowest BCUT2D eigenvalue weighted by atomic mass is 9.63. The van der Waals surface area contributed by atoms with E-state index in [0.29, 0.717) is 23.2 Å². The number of carbonyl (C=O) groups is 2. The molecule has 6 nitrogen and oxygen atoms in total. The first-order chi connectivity index (χ1) is 21.7. The lowest BCUT2D eigenvalue weighted by Gasteiger charge is -2.43. The molecule has 1 fully saturated rings. The third-order valence-electron chi connectivity index (χ3n) is 9.51. The van der Waals surface area contributed by atoms with Crippen molar-refractivity contribution >= 4 is 17.5 Å². The van der Waals surface area contributed by atoms with Crippen molar-refractivity contribution in [3.8, 4) is 0 Å². The van der Waals surface area contributed by atoms with Crippen LogP contribution in [0, 0.1) is 11.7 Å². The number of carbonyl (C=O) groups excluding carboxylic acids is 2. The van der Waals surface area contributed by atoms with Crippen LogP contribution in [0.25, 0.3) is 0 Å². The highest BCUT2D eigenvalue weighted by Crippen LogP contribution is 2.61. The van der Waals surface area contributed by atoms with Crippen molar-refractivity contribution in [2.24, 2.45) is 5.92 Å². The average Bonchev–Trinajstić information content (AvgIpc) is 3.48. The van der Waals surface area contributed by atoms with Gasteiger partial charge in [-0.25, -0.2) is 4.39 Å². The fourth-order valence-corrected chi connectivity index (χ4v) is 7.79. The van der Waals surface area contributed by atoms with Crippen LogP contribution in [0.15, 0.2) is 109 Å². The fourth-order valence-electron chi connectivity index (χ4n) is 7.79. The molecule has 2 heterocycles. The molecule has 7 heteroatoms. The first-order valence-electron chi connectivity index (χ1n) is 15.6. The number of hydrogen-bond donors (Lipinski definition) is 2.